The van der Waals surface area contributed by atoms with Gasteiger partial charge in [0.1, 0.15) is 0 Å². The summed E-state index contributed by atoms with van der Waals surface area (Å²) >= 11 is 0. The molecule has 0 amide bonds. The van der Waals surface area contributed by atoms with Gasteiger partial charge in [0, 0.05) is 18.5 Å². The monoisotopic (exact) mass is 189 g/mol. The van der Waals surface area contributed by atoms with Crippen LogP contribution in [0.2, 0.25) is 0 Å². The zero-order valence-electron chi connectivity index (χ0n) is 9.09. The highest BCUT2D eigenvalue weighted by molar-refractivity contribution is 5.40. The minimum atomic E-state index is 0.655. The van der Waals surface area contributed by atoms with Gasteiger partial charge in [0.25, 0.3) is 0 Å². The largest absolute Gasteiger partial charge is 0.314 e. The molecular weight excluding hydrogens is 170 g/mol. The fourth-order valence-corrected chi connectivity index (χ4v) is 2.03. The summed E-state index contributed by atoms with van der Waals surface area (Å²) in [4.78, 5) is 0. The van der Waals surface area contributed by atoms with Crippen molar-refractivity contribution in [2.75, 3.05) is 6.54 Å². The van der Waals surface area contributed by atoms with E-state index in [0.29, 0.717) is 6.04 Å². The van der Waals surface area contributed by atoms with E-state index in [4.69, 9.17) is 0 Å². The Hall–Kier alpha value is -0.820. The van der Waals surface area contributed by atoms with Gasteiger partial charge >= 0.3 is 0 Å². The van der Waals surface area contributed by atoms with E-state index in [1.807, 2.05) is 0 Å². The van der Waals surface area contributed by atoms with Crippen molar-refractivity contribution >= 4 is 0 Å². The summed E-state index contributed by atoms with van der Waals surface area (Å²) in [5.74, 6) is 0.764. The van der Waals surface area contributed by atoms with E-state index < -0.39 is 0 Å². The van der Waals surface area contributed by atoms with Crippen LogP contribution in [-0.2, 0) is 6.42 Å². The van der Waals surface area contributed by atoms with Crippen LogP contribution in [0.4, 0.5) is 0 Å². The van der Waals surface area contributed by atoms with Gasteiger partial charge in [-0.05, 0) is 30.9 Å². The molecule has 1 aromatic rings. The molecule has 0 fully saturated rings. The molecule has 1 heteroatoms. The third-order valence-corrected chi connectivity index (χ3v) is 3.29. The van der Waals surface area contributed by atoms with Crippen LogP contribution < -0.4 is 5.32 Å². The highest BCUT2D eigenvalue weighted by Crippen LogP contribution is 2.34. The Bertz CT molecular complexity index is 306. The van der Waals surface area contributed by atoms with Crippen LogP contribution in [0.15, 0.2) is 24.3 Å². The van der Waals surface area contributed by atoms with E-state index in [9.17, 15) is 0 Å². The molecule has 0 aliphatic heterocycles. The standard InChI is InChI=1S/C13H19N/c1-3-10(2)14-9-12-8-11-6-4-5-7-13(11)12/h4-7,10,12,14H,3,8-9H2,1-2H3. The molecule has 0 spiro atoms. The summed E-state index contributed by atoms with van der Waals surface area (Å²) < 4.78 is 0. The number of rotatable bonds is 4. The fraction of sp³-hybridized carbons (Fsp3) is 0.538. The van der Waals surface area contributed by atoms with Gasteiger partial charge in [-0.1, -0.05) is 31.2 Å². The Kier molecular flexibility index (Phi) is 2.87. The van der Waals surface area contributed by atoms with Crippen molar-refractivity contribution in [3.05, 3.63) is 35.4 Å². The molecule has 0 bridgehead atoms. The van der Waals surface area contributed by atoms with Crippen molar-refractivity contribution in [2.24, 2.45) is 0 Å². The Morgan fingerprint density at radius 2 is 2.21 bits per heavy atom. The molecule has 2 rings (SSSR count). The minimum absolute atomic E-state index is 0.655. The third-order valence-electron chi connectivity index (χ3n) is 3.29. The molecule has 1 nitrogen and oxygen atoms in total. The number of fused-ring (bicyclic) bond motifs is 1. The molecule has 1 aliphatic carbocycles. The van der Waals surface area contributed by atoms with Crippen LogP contribution in [0.5, 0.6) is 0 Å². The highest BCUT2D eigenvalue weighted by Gasteiger charge is 2.24. The van der Waals surface area contributed by atoms with Gasteiger partial charge < -0.3 is 5.32 Å². The maximum Gasteiger partial charge on any atom is 0.00363 e. The topological polar surface area (TPSA) is 12.0 Å². The van der Waals surface area contributed by atoms with Gasteiger partial charge in [-0.15, -0.1) is 0 Å². The molecule has 0 radical (unpaired) electrons. The number of hydrogen-bond acceptors (Lipinski definition) is 1. The molecule has 1 aliphatic rings. The van der Waals surface area contributed by atoms with Crippen molar-refractivity contribution in [1.29, 1.82) is 0 Å². The normalized spacial score (nSPS) is 21.1. The average Bonchev–Trinajstić information content (AvgIpc) is 2.19. The Morgan fingerprint density at radius 3 is 2.93 bits per heavy atom. The second-order valence-electron chi connectivity index (χ2n) is 4.32. The van der Waals surface area contributed by atoms with Gasteiger partial charge in [0.05, 0.1) is 0 Å². The SMILES string of the molecule is CCC(C)NCC1Cc2ccccc21. The van der Waals surface area contributed by atoms with Gasteiger partial charge in [0.15, 0.2) is 0 Å². The van der Waals surface area contributed by atoms with E-state index >= 15 is 0 Å². The fourth-order valence-electron chi connectivity index (χ4n) is 2.03. The smallest absolute Gasteiger partial charge is 0.00363 e. The van der Waals surface area contributed by atoms with Gasteiger partial charge in [-0.2, -0.15) is 0 Å². The first kappa shape index (κ1) is 9.72. The lowest BCUT2D eigenvalue weighted by Gasteiger charge is -2.31. The Balaban J connectivity index is 1.87. The first-order valence-electron chi connectivity index (χ1n) is 5.62. The predicted octanol–water partition coefficient (Wildman–Crippen LogP) is 2.71. The predicted molar refractivity (Wildman–Crippen MR) is 60.6 cm³/mol. The van der Waals surface area contributed by atoms with Crippen LogP contribution in [0.1, 0.15) is 37.3 Å². The molecule has 2 atom stereocenters. The summed E-state index contributed by atoms with van der Waals surface area (Å²) in [7, 11) is 0. The van der Waals surface area contributed by atoms with E-state index in [-0.39, 0.29) is 0 Å². The Labute approximate surface area is 86.5 Å². The van der Waals surface area contributed by atoms with Crippen LogP contribution >= 0.6 is 0 Å². The Morgan fingerprint density at radius 1 is 1.43 bits per heavy atom. The maximum atomic E-state index is 3.58. The minimum Gasteiger partial charge on any atom is -0.314 e. The maximum absolute atomic E-state index is 3.58. The highest BCUT2D eigenvalue weighted by atomic mass is 14.9. The summed E-state index contributed by atoms with van der Waals surface area (Å²) in [6, 6.07) is 9.45. The summed E-state index contributed by atoms with van der Waals surface area (Å²) in [5.41, 5.74) is 3.10. The lowest BCUT2D eigenvalue weighted by molar-refractivity contribution is 0.471. The van der Waals surface area contributed by atoms with Crippen molar-refractivity contribution in [3.63, 3.8) is 0 Å². The first-order chi connectivity index (χ1) is 6.81. The van der Waals surface area contributed by atoms with Crippen molar-refractivity contribution < 1.29 is 0 Å². The van der Waals surface area contributed by atoms with E-state index in [1.54, 1.807) is 11.1 Å². The van der Waals surface area contributed by atoms with Crippen LogP contribution in [0.25, 0.3) is 0 Å². The number of benzene rings is 1. The van der Waals surface area contributed by atoms with Gasteiger partial charge in [0.2, 0.25) is 0 Å². The van der Waals surface area contributed by atoms with Crippen LogP contribution in [-0.4, -0.2) is 12.6 Å². The van der Waals surface area contributed by atoms with E-state index in [2.05, 4.69) is 43.4 Å². The zero-order valence-corrected chi connectivity index (χ0v) is 9.09. The summed E-state index contributed by atoms with van der Waals surface area (Å²) in [5, 5.41) is 3.58. The van der Waals surface area contributed by atoms with Gasteiger partial charge in [-0.25, -0.2) is 0 Å². The van der Waals surface area contributed by atoms with Crippen molar-refractivity contribution in [2.45, 2.75) is 38.6 Å². The average molecular weight is 189 g/mol. The van der Waals surface area contributed by atoms with E-state index in [0.717, 1.165) is 12.5 Å². The second-order valence-corrected chi connectivity index (χ2v) is 4.32. The molecule has 1 aromatic carbocycles. The molecule has 1 N–H and O–H groups in total. The lowest BCUT2D eigenvalue weighted by Crippen LogP contribution is -2.34. The number of hydrogen-bond donors (Lipinski definition) is 1. The van der Waals surface area contributed by atoms with Crippen molar-refractivity contribution in [1.82, 2.24) is 5.32 Å². The summed E-state index contributed by atoms with van der Waals surface area (Å²) in [6.45, 7) is 5.63. The molecule has 0 saturated carbocycles. The van der Waals surface area contributed by atoms with Crippen LogP contribution in [0.3, 0.4) is 0 Å². The molecular formula is C13H19N. The second kappa shape index (κ2) is 4.14. The molecule has 2 unspecified atom stereocenters. The third kappa shape index (κ3) is 1.83. The van der Waals surface area contributed by atoms with Gasteiger partial charge in [-0.3, -0.25) is 0 Å². The molecule has 14 heavy (non-hydrogen) atoms. The molecule has 0 aromatic heterocycles. The molecule has 0 heterocycles. The summed E-state index contributed by atoms with van der Waals surface area (Å²) in [6.07, 6.45) is 2.48. The van der Waals surface area contributed by atoms with E-state index in [1.165, 1.54) is 12.8 Å². The lowest BCUT2D eigenvalue weighted by atomic mass is 9.77. The quantitative estimate of drug-likeness (QED) is 0.768. The molecule has 76 valence electrons. The van der Waals surface area contributed by atoms with Crippen LogP contribution in [0, 0.1) is 0 Å². The molecule has 0 saturated heterocycles. The first-order valence-corrected chi connectivity index (χ1v) is 5.62. The zero-order chi connectivity index (χ0) is 9.97. The van der Waals surface area contributed by atoms with Crippen molar-refractivity contribution in [3.8, 4) is 0 Å². The number of nitrogens with one attached hydrogen (secondary N) is 1.